The molecule has 1 heterocycles. The highest BCUT2D eigenvalue weighted by atomic mass is 16.5. The SMILES string of the molecule is COc1ccccc1Cn1nnnc1C(N)CCCCB(O)O. The van der Waals surface area contributed by atoms with E-state index in [0.717, 1.165) is 17.7 Å². The lowest BCUT2D eigenvalue weighted by Gasteiger charge is -2.13. The Labute approximate surface area is 135 Å². The van der Waals surface area contributed by atoms with Gasteiger partial charge in [0.25, 0.3) is 0 Å². The van der Waals surface area contributed by atoms with Gasteiger partial charge < -0.3 is 20.5 Å². The van der Waals surface area contributed by atoms with Crippen molar-refractivity contribution in [1.82, 2.24) is 20.2 Å². The Balaban J connectivity index is 1.98. The van der Waals surface area contributed by atoms with Crippen LogP contribution < -0.4 is 10.5 Å². The lowest BCUT2D eigenvalue weighted by molar-refractivity contribution is 0.400. The third-order valence-corrected chi connectivity index (χ3v) is 3.63. The number of rotatable bonds is 9. The number of nitrogens with two attached hydrogens (primary N) is 1. The predicted molar refractivity (Wildman–Crippen MR) is 85.7 cm³/mol. The molecule has 1 unspecified atom stereocenters. The van der Waals surface area contributed by atoms with E-state index in [1.54, 1.807) is 11.8 Å². The van der Waals surface area contributed by atoms with Crippen LogP contribution in [0.15, 0.2) is 24.3 Å². The number of unbranched alkanes of at least 4 members (excludes halogenated alkanes) is 1. The average Bonchev–Trinajstić information content (AvgIpc) is 3.00. The number of ether oxygens (including phenoxy) is 1. The molecule has 0 radical (unpaired) electrons. The summed E-state index contributed by atoms with van der Waals surface area (Å²) >= 11 is 0. The molecule has 124 valence electrons. The first-order valence-electron chi connectivity index (χ1n) is 7.61. The largest absolute Gasteiger partial charge is 0.496 e. The molecule has 9 heteroatoms. The number of hydrogen-bond acceptors (Lipinski definition) is 7. The van der Waals surface area contributed by atoms with Gasteiger partial charge in [0.05, 0.1) is 19.7 Å². The Morgan fingerprint density at radius 2 is 2.09 bits per heavy atom. The lowest BCUT2D eigenvalue weighted by Crippen LogP contribution is -2.18. The van der Waals surface area contributed by atoms with Crippen molar-refractivity contribution in [2.75, 3.05) is 7.11 Å². The Morgan fingerprint density at radius 1 is 1.30 bits per heavy atom. The van der Waals surface area contributed by atoms with Gasteiger partial charge in [-0.1, -0.05) is 31.0 Å². The summed E-state index contributed by atoms with van der Waals surface area (Å²) < 4.78 is 7.01. The van der Waals surface area contributed by atoms with E-state index in [4.69, 9.17) is 20.5 Å². The van der Waals surface area contributed by atoms with E-state index in [0.29, 0.717) is 31.5 Å². The van der Waals surface area contributed by atoms with Crippen molar-refractivity contribution in [1.29, 1.82) is 0 Å². The highest BCUT2D eigenvalue weighted by Crippen LogP contribution is 2.20. The summed E-state index contributed by atoms with van der Waals surface area (Å²) in [7, 11) is 0.364. The Kier molecular flexibility index (Phi) is 6.51. The van der Waals surface area contributed by atoms with Gasteiger partial charge in [0, 0.05) is 5.56 Å². The van der Waals surface area contributed by atoms with Gasteiger partial charge in [0.1, 0.15) is 5.75 Å². The molecule has 0 saturated carbocycles. The minimum atomic E-state index is -1.26. The van der Waals surface area contributed by atoms with Gasteiger partial charge in [0.2, 0.25) is 0 Å². The van der Waals surface area contributed by atoms with Crippen LogP contribution in [-0.4, -0.2) is 44.5 Å². The van der Waals surface area contributed by atoms with E-state index in [2.05, 4.69) is 15.5 Å². The van der Waals surface area contributed by atoms with Crippen LogP contribution in [0.3, 0.4) is 0 Å². The molecular weight excluding hydrogens is 297 g/mol. The van der Waals surface area contributed by atoms with Crippen molar-refractivity contribution in [3.8, 4) is 5.75 Å². The molecule has 23 heavy (non-hydrogen) atoms. The average molecular weight is 319 g/mol. The first kappa shape index (κ1) is 17.4. The summed E-state index contributed by atoms with van der Waals surface area (Å²) in [5.41, 5.74) is 7.13. The normalized spacial score (nSPS) is 12.2. The van der Waals surface area contributed by atoms with Crippen molar-refractivity contribution >= 4 is 7.12 Å². The quantitative estimate of drug-likeness (QED) is 0.451. The third-order valence-electron chi connectivity index (χ3n) is 3.63. The molecule has 0 spiro atoms. The zero-order chi connectivity index (χ0) is 16.7. The van der Waals surface area contributed by atoms with E-state index in [1.807, 2.05) is 24.3 Å². The smallest absolute Gasteiger partial charge is 0.451 e. The molecule has 2 rings (SSSR count). The first-order valence-corrected chi connectivity index (χ1v) is 7.61. The monoisotopic (exact) mass is 319 g/mol. The van der Waals surface area contributed by atoms with Gasteiger partial charge in [-0.25, -0.2) is 4.68 Å². The van der Waals surface area contributed by atoms with E-state index in [9.17, 15) is 0 Å². The molecule has 4 N–H and O–H groups in total. The molecule has 0 fully saturated rings. The first-order chi connectivity index (χ1) is 11.1. The molecule has 0 aliphatic heterocycles. The number of nitrogens with zero attached hydrogens (tertiary/aromatic N) is 4. The van der Waals surface area contributed by atoms with Gasteiger partial charge in [-0.3, -0.25) is 0 Å². The summed E-state index contributed by atoms with van der Waals surface area (Å²) in [4.78, 5) is 0. The van der Waals surface area contributed by atoms with Crippen molar-refractivity contribution in [2.45, 2.75) is 38.2 Å². The molecule has 2 aromatic rings. The van der Waals surface area contributed by atoms with Gasteiger partial charge in [-0.15, -0.1) is 5.10 Å². The fourth-order valence-corrected chi connectivity index (χ4v) is 2.40. The highest BCUT2D eigenvalue weighted by molar-refractivity contribution is 6.40. The van der Waals surface area contributed by atoms with Crippen molar-refractivity contribution < 1.29 is 14.8 Å². The van der Waals surface area contributed by atoms with Crippen LogP contribution in [0.5, 0.6) is 5.75 Å². The molecule has 1 atom stereocenters. The summed E-state index contributed by atoms with van der Waals surface area (Å²) in [6.07, 6.45) is 2.50. The second kappa shape index (κ2) is 8.61. The zero-order valence-corrected chi connectivity index (χ0v) is 13.2. The summed E-state index contributed by atoms with van der Waals surface area (Å²) in [6, 6.07) is 7.39. The maximum Gasteiger partial charge on any atom is 0.451 e. The van der Waals surface area contributed by atoms with Crippen LogP contribution in [0.25, 0.3) is 0 Å². The maximum atomic E-state index is 8.84. The van der Waals surface area contributed by atoms with Gasteiger partial charge >= 0.3 is 7.12 Å². The fourth-order valence-electron chi connectivity index (χ4n) is 2.40. The summed E-state index contributed by atoms with van der Waals surface area (Å²) in [5, 5.41) is 29.4. The molecule has 0 aliphatic rings. The Hall–Kier alpha value is -1.97. The highest BCUT2D eigenvalue weighted by Gasteiger charge is 2.16. The minimum Gasteiger partial charge on any atom is -0.496 e. The topological polar surface area (TPSA) is 119 Å². The number of para-hydroxylation sites is 1. The molecule has 0 bridgehead atoms. The van der Waals surface area contributed by atoms with Crippen LogP contribution in [0.4, 0.5) is 0 Å². The summed E-state index contributed by atoms with van der Waals surface area (Å²) in [6.45, 7) is 0.482. The van der Waals surface area contributed by atoms with Gasteiger partial charge in [-0.05, 0) is 29.2 Å². The van der Waals surface area contributed by atoms with Gasteiger partial charge in [-0.2, -0.15) is 0 Å². The predicted octanol–water partition coefficient (Wildman–Crippen LogP) is 0.373. The number of methoxy groups -OCH3 is 1. The Bertz CT molecular complexity index is 608. The van der Waals surface area contributed by atoms with Crippen molar-refractivity contribution in [3.63, 3.8) is 0 Å². The van der Waals surface area contributed by atoms with E-state index < -0.39 is 7.12 Å². The minimum absolute atomic E-state index is 0.296. The van der Waals surface area contributed by atoms with E-state index >= 15 is 0 Å². The lowest BCUT2D eigenvalue weighted by atomic mass is 9.83. The molecule has 0 saturated heterocycles. The van der Waals surface area contributed by atoms with Crippen LogP contribution in [0, 0.1) is 0 Å². The fraction of sp³-hybridized carbons (Fsp3) is 0.500. The number of tetrazole rings is 1. The number of hydrogen-bond donors (Lipinski definition) is 3. The van der Waals surface area contributed by atoms with Crippen LogP contribution in [0.1, 0.15) is 36.7 Å². The molecule has 1 aromatic carbocycles. The second-order valence-electron chi connectivity index (χ2n) is 5.38. The van der Waals surface area contributed by atoms with Gasteiger partial charge in [0.15, 0.2) is 5.82 Å². The molecule has 0 aliphatic carbocycles. The van der Waals surface area contributed by atoms with Crippen LogP contribution in [-0.2, 0) is 6.54 Å². The van der Waals surface area contributed by atoms with Crippen molar-refractivity contribution in [3.05, 3.63) is 35.7 Å². The maximum absolute atomic E-state index is 8.84. The molecule has 8 nitrogen and oxygen atoms in total. The summed E-state index contributed by atoms with van der Waals surface area (Å²) in [5.74, 6) is 1.39. The van der Waals surface area contributed by atoms with Crippen LogP contribution in [0.2, 0.25) is 6.32 Å². The second-order valence-corrected chi connectivity index (χ2v) is 5.38. The molecular formula is C14H22BN5O3. The van der Waals surface area contributed by atoms with E-state index in [1.165, 1.54) is 0 Å². The molecule has 1 aromatic heterocycles. The van der Waals surface area contributed by atoms with E-state index in [-0.39, 0.29) is 6.04 Å². The standard InChI is InChI=1S/C14H22BN5O3/c1-23-13-8-3-2-6-11(13)10-20-14(17-18-19-20)12(16)7-4-5-9-15(21)22/h2-3,6,8,12,21-22H,4-5,7,9-10,16H2,1H3. The van der Waals surface area contributed by atoms with Crippen molar-refractivity contribution in [2.24, 2.45) is 5.73 Å². The third kappa shape index (κ3) is 5.02. The van der Waals surface area contributed by atoms with Crippen LogP contribution >= 0.6 is 0 Å². The number of aromatic nitrogens is 4. The number of benzene rings is 1. The Morgan fingerprint density at radius 3 is 2.83 bits per heavy atom. The molecule has 0 amide bonds. The zero-order valence-electron chi connectivity index (χ0n) is 13.2.